The molecule has 156 valence electrons. The van der Waals surface area contributed by atoms with Gasteiger partial charge in [0.2, 0.25) is 10.0 Å². The van der Waals surface area contributed by atoms with Gasteiger partial charge in [0.15, 0.2) is 0 Å². The van der Waals surface area contributed by atoms with E-state index in [1.165, 1.54) is 18.9 Å². The summed E-state index contributed by atoms with van der Waals surface area (Å²) in [6, 6.07) is 7.41. The number of hydrogen-bond donors (Lipinski definition) is 0. The first-order valence-corrected chi connectivity index (χ1v) is 10.4. The smallest absolute Gasteiger partial charge is 0.314 e. The maximum atomic E-state index is 13.2. The molecule has 1 atom stereocenters. The summed E-state index contributed by atoms with van der Waals surface area (Å²) in [5.74, 6) is -1.28. The van der Waals surface area contributed by atoms with Gasteiger partial charge in [0, 0.05) is 18.4 Å². The lowest BCUT2D eigenvalue weighted by atomic mass is 10.1. The van der Waals surface area contributed by atoms with Crippen LogP contribution in [0.25, 0.3) is 0 Å². The van der Waals surface area contributed by atoms with Crippen molar-refractivity contribution in [2.75, 3.05) is 22.0 Å². The van der Waals surface area contributed by atoms with E-state index < -0.39 is 39.5 Å². The number of halogens is 3. The standard InChI is InChI=1S/C19H20F3N3O3S/c1-12-5-4-6-15(9-12)24(3)18(26)16-7-8-29(27,28)25(16)17-11-14(19(20,21)22)10-13(2)23-17/h4-6,9-11,16H,7-8H2,1-3H3. The fraction of sp³-hybridized carbons (Fsp3) is 0.368. The number of sulfonamides is 1. The van der Waals surface area contributed by atoms with Crippen LogP contribution >= 0.6 is 0 Å². The van der Waals surface area contributed by atoms with E-state index in [1.807, 2.05) is 13.0 Å². The Morgan fingerprint density at radius 2 is 1.90 bits per heavy atom. The topological polar surface area (TPSA) is 70.6 Å². The highest BCUT2D eigenvalue weighted by Crippen LogP contribution is 2.35. The number of rotatable bonds is 3. The van der Waals surface area contributed by atoms with Crippen molar-refractivity contribution in [2.45, 2.75) is 32.5 Å². The summed E-state index contributed by atoms with van der Waals surface area (Å²) in [6.07, 6.45) is -4.70. The van der Waals surface area contributed by atoms with E-state index in [9.17, 15) is 26.4 Å². The predicted octanol–water partition coefficient (Wildman–Crippen LogP) is 3.29. The summed E-state index contributed by atoms with van der Waals surface area (Å²) in [7, 11) is -2.48. The van der Waals surface area contributed by atoms with Crippen molar-refractivity contribution >= 4 is 27.4 Å². The van der Waals surface area contributed by atoms with Gasteiger partial charge in [0.1, 0.15) is 11.9 Å². The van der Waals surface area contributed by atoms with Crippen molar-refractivity contribution in [3.05, 3.63) is 53.2 Å². The van der Waals surface area contributed by atoms with Gasteiger partial charge < -0.3 is 4.90 Å². The van der Waals surface area contributed by atoms with Crippen LogP contribution in [-0.2, 0) is 21.0 Å². The van der Waals surface area contributed by atoms with Crippen LogP contribution in [0.15, 0.2) is 36.4 Å². The lowest BCUT2D eigenvalue weighted by Gasteiger charge is -2.28. The molecule has 0 saturated carbocycles. The zero-order chi connectivity index (χ0) is 21.6. The van der Waals surface area contributed by atoms with Crippen LogP contribution in [0.5, 0.6) is 0 Å². The van der Waals surface area contributed by atoms with Crippen molar-refractivity contribution in [1.29, 1.82) is 0 Å². The van der Waals surface area contributed by atoms with Crippen LogP contribution in [0.3, 0.4) is 0 Å². The number of alkyl halides is 3. The van der Waals surface area contributed by atoms with Crippen LogP contribution < -0.4 is 9.21 Å². The molecule has 3 rings (SSSR count). The number of anilines is 2. The van der Waals surface area contributed by atoms with Gasteiger partial charge in [0.25, 0.3) is 5.91 Å². The SMILES string of the molecule is Cc1cccc(N(C)C(=O)C2CCS(=O)(=O)N2c2cc(C(F)(F)F)cc(C)n2)c1. The highest BCUT2D eigenvalue weighted by atomic mass is 32.2. The van der Waals surface area contributed by atoms with Gasteiger partial charge in [-0.15, -0.1) is 0 Å². The Hall–Kier alpha value is -2.62. The average Bonchev–Trinajstić information content (AvgIpc) is 2.94. The first kappa shape index (κ1) is 21.1. The second-order valence-corrected chi connectivity index (χ2v) is 8.97. The summed E-state index contributed by atoms with van der Waals surface area (Å²) >= 11 is 0. The maximum Gasteiger partial charge on any atom is 0.416 e. The van der Waals surface area contributed by atoms with E-state index >= 15 is 0 Å². The van der Waals surface area contributed by atoms with Gasteiger partial charge in [-0.05, 0) is 50.1 Å². The number of aryl methyl sites for hydroxylation is 2. The number of aromatic nitrogens is 1. The predicted molar refractivity (Wildman–Crippen MR) is 103 cm³/mol. The Bertz CT molecular complexity index is 1050. The number of nitrogens with zero attached hydrogens (tertiary/aromatic N) is 3. The molecule has 1 saturated heterocycles. The second kappa shape index (κ2) is 7.33. The Kier molecular flexibility index (Phi) is 5.33. The van der Waals surface area contributed by atoms with Crippen LogP contribution in [0.1, 0.15) is 23.2 Å². The van der Waals surface area contributed by atoms with E-state index in [1.54, 1.807) is 18.2 Å². The van der Waals surface area contributed by atoms with Crippen LogP contribution in [0.4, 0.5) is 24.7 Å². The van der Waals surface area contributed by atoms with Crippen molar-refractivity contribution < 1.29 is 26.4 Å². The molecule has 0 bridgehead atoms. The lowest BCUT2D eigenvalue weighted by molar-refractivity contribution is -0.137. The molecule has 1 aliphatic rings. The molecule has 1 unspecified atom stereocenters. The molecule has 1 amide bonds. The summed E-state index contributed by atoms with van der Waals surface area (Å²) in [4.78, 5) is 18.4. The molecule has 2 aromatic rings. The molecule has 6 nitrogen and oxygen atoms in total. The third-order valence-corrected chi connectivity index (χ3v) is 6.52. The van der Waals surface area contributed by atoms with Crippen molar-refractivity contribution in [3.8, 4) is 0 Å². The highest BCUT2D eigenvalue weighted by Gasteiger charge is 2.44. The number of carbonyl (C=O) groups excluding carboxylic acids is 1. The number of likely N-dealkylation sites (N-methyl/N-ethyl adjacent to an activating group) is 1. The van der Waals surface area contributed by atoms with Gasteiger partial charge in [-0.25, -0.2) is 17.7 Å². The highest BCUT2D eigenvalue weighted by molar-refractivity contribution is 7.93. The van der Waals surface area contributed by atoms with Crippen LogP contribution in [0, 0.1) is 13.8 Å². The number of pyridine rings is 1. The third-order valence-electron chi connectivity index (χ3n) is 4.73. The van der Waals surface area contributed by atoms with Gasteiger partial charge in [-0.3, -0.25) is 4.79 Å². The van der Waals surface area contributed by atoms with Gasteiger partial charge in [-0.1, -0.05) is 12.1 Å². The fourth-order valence-corrected chi connectivity index (χ4v) is 4.99. The minimum atomic E-state index is -4.66. The average molecular weight is 427 g/mol. The molecule has 1 aliphatic heterocycles. The van der Waals surface area contributed by atoms with Crippen LogP contribution in [0.2, 0.25) is 0 Å². The molecule has 0 radical (unpaired) electrons. The fourth-order valence-electron chi connectivity index (χ4n) is 3.31. The normalized spacial score (nSPS) is 18.7. The van der Waals surface area contributed by atoms with E-state index in [0.717, 1.165) is 15.9 Å². The zero-order valence-corrected chi connectivity index (χ0v) is 16.9. The summed E-state index contributed by atoms with van der Waals surface area (Å²) in [6.45, 7) is 3.20. The van der Waals surface area contributed by atoms with E-state index in [-0.39, 0.29) is 17.9 Å². The molecule has 0 spiro atoms. The van der Waals surface area contributed by atoms with Gasteiger partial charge in [0.05, 0.1) is 11.3 Å². The molecule has 0 aliphatic carbocycles. The largest absolute Gasteiger partial charge is 0.416 e. The molecule has 10 heteroatoms. The molecule has 2 heterocycles. The van der Waals surface area contributed by atoms with Crippen molar-refractivity contribution in [1.82, 2.24) is 4.98 Å². The van der Waals surface area contributed by atoms with Crippen molar-refractivity contribution in [2.24, 2.45) is 0 Å². The zero-order valence-electron chi connectivity index (χ0n) is 16.1. The molecule has 0 N–H and O–H groups in total. The van der Waals surface area contributed by atoms with Gasteiger partial charge >= 0.3 is 6.18 Å². The van der Waals surface area contributed by atoms with Crippen molar-refractivity contribution in [3.63, 3.8) is 0 Å². The maximum absolute atomic E-state index is 13.2. The summed E-state index contributed by atoms with van der Waals surface area (Å²) < 4.78 is 65.5. The monoisotopic (exact) mass is 427 g/mol. The molecule has 1 fully saturated rings. The molecule has 29 heavy (non-hydrogen) atoms. The minimum absolute atomic E-state index is 0.00941. The minimum Gasteiger partial charge on any atom is -0.314 e. The van der Waals surface area contributed by atoms with E-state index in [0.29, 0.717) is 11.8 Å². The number of amides is 1. The number of carbonyl (C=O) groups is 1. The lowest BCUT2D eigenvalue weighted by Crippen LogP contribution is -2.46. The van der Waals surface area contributed by atoms with Crippen LogP contribution in [-0.4, -0.2) is 38.2 Å². The first-order valence-electron chi connectivity index (χ1n) is 8.82. The van der Waals surface area contributed by atoms with Gasteiger partial charge in [-0.2, -0.15) is 13.2 Å². The molecule has 1 aromatic carbocycles. The number of hydrogen-bond acceptors (Lipinski definition) is 4. The number of benzene rings is 1. The molecule has 1 aromatic heterocycles. The Morgan fingerprint density at radius 3 is 2.52 bits per heavy atom. The van der Waals surface area contributed by atoms with E-state index in [2.05, 4.69) is 4.98 Å². The Balaban J connectivity index is 2.03. The molecular formula is C19H20F3N3O3S. The first-order chi connectivity index (χ1) is 13.4. The van der Waals surface area contributed by atoms with E-state index in [4.69, 9.17) is 0 Å². The Morgan fingerprint density at radius 1 is 1.21 bits per heavy atom. The third kappa shape index (κ3) is 4.21. The Labute approximate surface area is 167 Å². The summed E-state index contributed by atoms with van der Waals surface area (Å²) in [5.41, 5.74) is 0.469. The quantitative estimate of drug-likeness (QED) is 0.754. The summed E-state index contributed by atoms with van der Waals surface area (Å²) in [5, 5.41) is 0. The second-order valence-electron chi connectivity index (χ2n) is 7.01. The molecular weight excluding hydrogens is 407 g/mol.